The number of hydrogen-bond donors (Lipinski definition) is 1. The first-order valence-corrected chi connectivity index (χ1v) is 5.64. The third-order valence-electron chi connectivity index (χ3n) is 2.75. The molecule has 0 aliphatic carbocycles. The van der Waals surface area contributed by atoms with E-state index < -0.39 is 17.4 Å². The van der Waals surface area contributed by atoms with E-state index in [2.05, 4.69) is 14.8 Å². The lowest BCUT2D eigenvalue weighted by atomic mass is 9.86. The smallest absolute Gasteiger partial charge is 0.323 e. The Kier molecular flexibility index (Phi) is 4.41. The number of aliphatic carboxylic acids is 1. The number of aryl methyl sites for hydroxylation is 1. The van der Waals surface area contributed by atoms with Gasteiger partial charge in [-0.2, -0.15) is 5.10 Å². The number of carbonyl (C=O) groups excluding carboxylic acids is 1. The van der Waals surface area contributed by atoms with E-state index in [0.717, 1.165) is 6.42 Å². The number of ether oxygens (including phenoxy) is 1. The summed E-state index contributed by atoms with van der Waals surface area (Å²) in [5.41, 5.74) is -1.65. The van der Waals surface area contributed by atoms with Crippen LogP contribution in [-0.4, -0.2) is 38.9 Å². The van der Waals surface area contributed by atoms with Gasteiger partial charge in [0.2, 0.25) is 0 Å². The number of methoxy groups -OCH3 is 1. The van der Waals surface area contributed by atoms with Gasteiger partial charge in [-0.3, -0.25) is 14.3 Å². The van der Waals surface area contributed by atoms with Crippen LogP contribution < -0.4 is 0 Å². The Morgan fingerprint density at radius 1 is 1.56 bits per heavy atom. The van der Waals surface area contributed by atoms with Gasteiger partial charge in [0.1, 0.15) is 12.2 Å². The van der Waals surface area contributed by atoms with Crippen LogP contribution in [0, 0.1) is 5.41 Å². The molecule has 0 amide bonds. The first kappa shape index (κ1) is 14.1. The van der Waals surface area contributed by atoms with Crippen LogP contribution in [0.3, 0.4) is 0 Å². The molecule has 0 aromatic carbocycles. The minimum atomic E-state index is -1.65. The molecule has 0 saturated heterocycles. The van der Waals surface area contributed by atoms with E-state index >= 15 is 0 Å². The van der Waals surface area contributed by atoms with E-state index in [1.807, 2.05) is 6.92 Å². The number of aromatic nitrogens is 3. The van der Waals surface area contributed by atoms with Gasteiger partial charge in [-0.05, 0) is 13.3 Å². The zero-order chi connectivity index (χ0) is 13.8. The normalized spacial score (nSPS) is 13.9. The van der Waals surface area contributed by atoms with Gasteiger partial charge in [0.05, 0.1) is 7.11 Å². The molecule has 7 nitrogen and oxygen atoms in total. The number of carboxylic acids is 1. The highest BCUT2D eigenvalue weighted by molar-refractivity contribution is 5.98. The maximum Gasteiger partial charge on any atom is 0.323 e. The summed E-state index contributed by atoms with van der Waals surface area (Å²) in [6, 6.07) is 0. The zero-order valence-electron chi connectivity index (χ0n) is 10.7. The molecule has 0 aliphatic heterocycles. The van der Waals surface area contributed by atoms with Crippen molar-refractivity contribution in [3.05, 3.63) is 12.2 Å². The molecule has 1 aromatic heterocycles. The molecule has 1 aromatic rings. The first-order valence-electron chi connectivity index (χ1n) is 5.64. The van der Waals surface area contributed by atoms with Crippen molar-refractivity contribution >= 4 is 11.9 Å². The van der Waals surface area contributed by atoms with Gasteiger partial charge in [0.25, 0.3) is 0 Å². The van der Waals surface area contributed by atoms with Crippen molar-refractivity contribution in [3.8, 4) is 0 Å². The predicted molar refractivity (Wildman–Crippen MR) is 61.8 cm³/mol. The fraction of sp³-hybridized carbons (Fsp3) is 0.636. The van der Waals surface area contributed by atoms with Crippen molar-refractivity contribution in [3.63, 3.8) is 0 Å². The molecule has 0 spiro atoms. The van der Waals surface area contributed by atoms with Crippen LogP contribution in [0.4, 0.5) is 0 Å². The summed E-state index contributed by atoms with van der Waals surface area (Å²) >= 11 is 0. The highest BCUT2D eigenvalue weighted by Crippen LogP contribution is 2.24. The molecular formula is C11H17N3O4. The lowest BCUT2D eigenvalue weighted by Crippen LogP contribution is -2.40. The van der Waals surface area contributed by atoms with Crippen molar-refractivity contribution in [1.29, 1.82) is 0 Å². The topological polar surface area (TPSA) is 94.3 Å². The summed E-state index contributed by atoms with van der Waals surface area (Å²) < 4.78 is 6.15. The molecule has 7 heteroatoms. The third kappa shape index (κ3) is 2.66. The first-order chi connectivity index (χ1) is 8.45. The van der Waals surface area contributed by atoms with E-state index in [1.165, 1.54) is 20.4 Å². The number of nitrogens with zero attached hydrogens (tertiary/aromatic N) is 3. The number of carbonyl (C=O) groups is 2. The molecule has 1 heterocycles. The average molecular weight is 255 g/mol. The summed E-state index contributed by atoms with van der Waals surface area (Å²) in [6.07, 6.45) is 2.15. The number of rotatable bonds is 6. The lowest BCUT2D eigenvalue weighted by Gasteiger charge is -2.21. The van der Waals surface area contributed by atoms with E-state index in [1.54, 1.807) is 4.68 Å². The fourth-order valence-electron chi connectivity index (χ4n) is 1.60. The van der Waals surface area contributed by atoms with Gasteiger partial charge in [-0.15, -0.1) is 0 Å². The Balaban J connectivity index is 3.00. The average Bonchev–Trinajstić information content (AvgIpc) is 2.75. The maximum atomic E-state index is 11.6. The summed E-state index contributed by atoms with van der Waals surface area (Å²) in [5, 5.41) is 13.2. The number of hydrogen-bond acceptors (Lipinski definition) is 5. The van der Waals surface area contributed by atoms with Gasteiger partial charge < -0.3 is 9.84 Å². The minimum Gasteiger partial charge on any atom is -0.480 e. The van der Waals surface area contributed by atoms with Crippen LogP contribution in [0.1, 0.15) is 26.1 Å². The number of carboxylic acid groups (broad SMARTS) is 1. The highest BCUT2D eigenvalue weighted by atomic mass is 16.5. The second-order valence-electron chi connectivity index (χ2n) is 4.21. The molecule has 100 valence electrons. The van der Waals surface area contributed by atoms with Gasteiger partial charge in [0, 0.05) is 13.0 Å². The van der Waals surface area contributed by atoms with Crippen molar-refractivity contribution < 1.29 is 19.4 Å². The second-order valence-corrected chi connectivity index (χ2v) is 4.21. The molecule has 0 fully saturated rings. The van der Waals surface area contributed by atoms with Crippen LogP contribution >= 0.6 is 0 Å². The molecule has 0 saturated carbocycles. The van der Waals surface area contributed by atoms with E-state index in [9.17, 15) is 14.7 Å². The van der Waals surface area contributed by atoms with Crippen molar-refractivity contribution in [2.75, 3.05) is 7.11 Å². The Morgan fingerprint density at radius 2 is 2.22 bits per heavy atom. The summed E-state index contributed by atoms with van der Waals surface area (Å²) in [5.74, 6) is -1.56. The molecular weight excluding hydrogens is 238 g/mol. The third-order valence-corrected chi connectivity index (χ3v) is 2.75. The fourth-order valence-corrected chi connectivity index (χ4v) is 1.60. The van der Waals surface area contributed by atoms with Crippen LogP contribution in [0.25, 0.3) is 0 Å². The lowest BCUT2D eigenvalue weighted by molar-refractivity contribution is -0.165. The van der Waals surface area contributed by atoms with Gasteiger partial charge in [-0.25, -0.2) is 4.98 Å². The molecule has 1 unspecified atom stereocenters. The van der Waals surface area contributed by atoms with E-state index in [-0.39, 0.29) is 6.42 Å². The minimum absolute atomic E-state index is 0.0466. The highest BCUT2D eigenvalue weighted by Gasteiger charge is 2.44. The monoisotopic (exact) mass is 255 g/mol. The van der Waals surface area contributed by atoms with Gasteiger partial charge >= 0.3 is 11.9 Å². The summed E-state index contributed by atoms with van der Waals surface area (Å²) in [6.45, 7) is 3.93. The maximum absolute atomic E-state index is 11.6. The van der Waals surface area contributed by atoms with Crippen molar-refractivity contribution in [2.24, 2.45) is 5.41 Å². The van der Waals surface area contributed by atoms with E-state index in [0.29, 0.717) is 12.4 Å². The molecule has 1 rings (SSSR count). The van der Waals surface area contributed by atoms with E-state index in [4.69, 9.17) is 0 Å². The van der Waals surface area contributed by atoms with Gasteiger partial charge in [-0.1, -0.05) is 6.92 Å². The van der Waals surface area contributed by atoms with Crippen LogP contribution in [0.5, 0.6) is 0 Å². The standard InChI is InChI=1S/C11H17N3O4/c1-4-5-14-8(12-7-13-14)6-11(2,9(15)16)10(17)18-3/h7H,4-6H2,1-3H3,(H,15,16). The zero-order valence-corrected chi connectivity index (χ0v) is 10.7. The van der Waals surface area contributed by atoms with Crippen molar-refractivity contribution in [2.45, 2.75) is 33.2 Å². The molecule has 18 heavy (non-hydrogen) atoms. The predicted octanol–water partition coefficient (Wildman–Crippen LogP) is 0.495. The Labute approximate surface area is 105 Å². The molecule has 1 atom stereocenters. The molecule has 0 aliphatic rings. The largest absolute Gasteiger partial charge is 0.480 e. The Hall–Kier alpha value is -1.92. The molecule has 0 bridgehead atoms. The summed E-state index contributed by atoms with van der Waals surface area (Å²) in [4.78, 5) is 26.9. The second kappa shape index (κ2) is 5.61. The van der Waals surface area contributed by atoms with Crippen LogP contribution in [0.2, 0.25) is 0 Å². The van der Waals surface area contributed by atoms with Crippen LogP contribution in [-0.2, 0) is 27.3 Å². The Bertz CT molecular complexity index is 443. The van der Waals surface area contributed by atoms with Crippen LogP contribution in [0.15, 0.2) is 6.33 Å². The molecule has 0 radical (unpaired) electrons. The Morgan fingerprint density at radius 3 is 2.72 bits per heavy atom. The SMILES string of the molecule is CCCn1ncnc1CC(C)(C(=O)O)C(=O)OC. The number of esters is 1. The summed E-state index contributed by atoms with van der Waals surface area (Å²) in [7, 11) is 1.17. The van der Waals surface area contributed by atoms with Crippen molar-refractivity contribution in [1.82, 2.24) is 14.8 Å². The molecule has 1 N–H and O–H groups in total. The van der Waals surface area contributed by atoms with Gasteiger partial charge in [0.15, 0.2) is 5.41 Å². The quantitative estimate of drug-likeness (QED) is 0.587.